The summed E-state index contributed by atoms with van der Waals surface area (Å²) in [5, 5.41) is 3.15. The van der Waals surface area contributed by atoms with Crippen LogP contribution in [0.3, 0.4) is 0 Å². The van der Waals surface area contributed by atoms with Gasteiger partial charge in [-0.05, 0) is 19.4 Å². The normalized spacial score (nSPS) is 10.3. The summed E-state index contributed by atoms with van der Waals surface area (Å²) < 4.78 is 12.9. The van der Waals surface area contributed by atoms with E-state index < -0.39 is 0 Å². The summed E-state index contributed by atoms with van der Waals surface area (Å²) in [7, 11) is 0. The average molecular weight is 230 g/mol. The van der Waals surface area contributed by atoms with Crippen molar-refractivity contribution >= 4 is 5.69 Å². The summed E-state index contributed by atoms with van der Waals surface area (Å²) in [6.45, 7) is 4.81. The van der Waals surface area contributed by atoms with Crippen molar-refractivity contribution in [1.82, 2.24) is 4.98 Å². The topological polar surface area (TPSA) is 24.9 Å². The molecular weight excluding hydrogens is 215 g/mol. The SMILES string of the molecule is Cc1cc(C)cc(CNc2cncc(F)c2)c1. The second kappa shape index (κ2) is 4.95. The lowest BCUT2D eigenvalue weighted by atomic mass is 10.1. The first-order valence-electron chi connectivity index (χ1n) is 5.55. The Morgan fingerprint density at radius 1 is 1.06 bits per heavy atom. The predicted molar refractivity (Wildman–Crippen MR) is 67.4 cm³/mol. The third kappa shape index (κ3) is 3.28. The molecule has 1 N–H and O–H groups in total. The Kier molecular flexibility index (Phi) is 3.38. The number of aromatic nitrogens is 1. The fourth-order valence-electron chi connectivity index (χ4n) is 1.88. The molecule has 1 heterocycles. The van der Waals surface area contributed by atoms with Crippen molar-refractivity contribution < 1.29 is 4.39 Å². The summed E-state index contributed by atoms with van der Waals surface area (Å²) in [6, 6.07) is 7.81. The van der Waals surface area contributed by atoms with Gasteiger partial charge in [0.25, 0.3) is 0 Å². The van der Waals surface area contributed by atoms with Crippen LogP contribution >= 0.6 is 0 Å². The molecule has 0 amide bonds. The molecule has 0 bridgehead atoms. The molecule has 88 valence electrons. The summed E-state index contributed by atoms with van der Waals surface area (Å²) in [4.78, 5) is 3.79. The summed E-state index contributed by atoms with van der Waals surface area (Å²) in [5.41, 5.74) is 4.36. The summed E-state index contributed by atoms with van der Waals surface area (Å²) >= 11 is 0. The lowest BCUT2D eigenvalue weighted by molar-refractivity contribution is 0.622. The fourth-order valence-corrected chi connectivity index (χ4v) is 1.88. The van der Waals surface area contributed by atoms with Gasteiger partial charge < -0.3 is 5.32 Å². The van der Waals surface area contributed by atoms with Crippen molar-refractivity contribution in [2.75, 3.05) is 5.32 Å². The van der Waals surface area contributed by atoms with Gasteiger partial charge in [0, 0.05) is 12.6 Å². The maximum absolute atomic E-state index is 12.9. The van der Waals surface area contributed by atoms with Crippen LogP contribution in [-0.4, -0.2) is 4.98 Å². The zero-order valence-corrected chi connectivity index (χ0v) is 10.00. The fraction of sp³-hybridized carbons (Fsp3) is 0.214. The van der Waals surface area contributed by atoms with E-state index in [9.17, 15) is 4.39 Å². The van der Waals surface area contributed by atoms with Gasteiger partial charge in [-0.1, -0.05) is 29.3 Å². The first-order valence-corrected chi connectivity index (χ1v) is 5.55. The van der Waals surface area contributed by atoms with E-state index in [1.54, 1.807) is 6.20 Å². The first-order chi connectivity index (χ1) is 8.13. The molecule has 0 saturated heterocycles. The highest BCUT2D eigenvalue weighted by atomic mass is 19.1. The van der Waals surface area contributed by atoms with E-state index in [4.69, 9.17) is 0 Å². The van der Waals surface area contributed by atoms with E-state index in [0.29, 0.717) is 12.2 Å². The van der Waals surface area contributed by atoms with Crippen LogP contribution in [0.5, 0.6) is 0 Å². The lowest BCUT2D eigenvalue weighted by Crippen LogP contribution is -2.01. The predicted octanol–water partition coefficient (Wildman–Crippen LogP) is 3.45. The van der Waals surface area contributed by atoms with Gasteiger partial charge in [0.05, 0.1) is 18.1 Å². The zero-order chi connectivity index (χ0) is 12.3. The minimum absolute atomic E-state index is 0.324. The quantitative estimate of drug-likeness (QED) is 0.873. The van der Waals surface area contributed by atoms with E-state index in [2.05, 4.69) is 42.3 Å². The lowest BCUT2D eigenvalue weighted by Gasteiger charge is -2.08. The van der Waals surface area contributed by atoms with Crippen molar-refractivity contribution in [3.05, 3.63) is 59.2 Å². The van der Waals surface area contributed by atoms with Crippen molar-refractivity contribution in [2.45, 2.75) is 20.4 Å². The Labute approximate surface area is 101 Å². The third-order valence-corrected chi connectivity index (χ3v) is 2.48. The number of hydrogen-bond donors (Lipinski definition) is 1. The monoisotopic (exact) mass is 230 g/mol. The van der Waals surface area contributed by atoms with Crippen molar-refractivity contribution in [3.8, 4) is 0 Å². The van der Waals surface area contributed by atoms with Crippen LogP contribution in [0, 0.1) is 19.7 Å². The van der Waals surface area contributed by atoms with Crippen LogP contribution in [0.25, 0.3) is 0 Å². The van der Waals surface area contributed by atoms with Gasteiger partial charge in [-0.3, -0.25) is 4.98 Å². The minimum atomic E-state index is -0.324. The molecule has 1 aromatic heterocycles. The molecule has 0 aliphatic rings. The molecule has 17 heavy (non-hydrogen) atoms. The largest absolute Gasteiger partial charge is 0.380 e. The molecule has 0 aliphatic carbocycles. The summed E-state index contributed by atoms with van der Waals surface area (Å²) in [5.74, 6) is -0.324. The number of benzene rings is 1. The van der Waals surface area contributed by atoms with Crippen LogP contribution in [0.4, 0.5) is 10.1 Å². The number of halogens is 1. The Balaban J connectivity index is 2.07. The van der Waals surface area contributed by atoms with Crippen molar-refractivity contribution in [3.63, 3.8) is 0 Å². The molecule has 1 aromatic carbocycles. The molecule has 0 spiro atoms. The number of nitrogens with one attached hydrogen (secondary N) is 1. The second-order valence-electron chi connectivity index (χ2n) is 4.24. The third-order valence-electron chi connectivity index (χ3n) is 2.48. The number of rotatable bonds is 3. The minimum Gasteiger partial charge on any atom is -0.380 e. The zero-order valence-electron chi connectivity index (χ0n) is 10.00. The Hall–Kier alpha value is -1.90. The number of pyridine rings is 1. The standard InChI is InChI=1S/C14H15FN2/c1-10-3-11(2)5-12(4-10)7-17-14-6-13(15)8-16-9-14/h3-6,8-9,17H,7H2,1-2H3. The highest BCUT2D eigenvalue weighted by molar-refractivity contribution is 5.41. The van der Waals surface area contributed by atoms with Gasteiger partial charge in [0.1, 0.15) is 5.82 Å². The van der Waals surface area contributed by atoms with E-state index in [0.717, 1.165) is 0 Å². The van der Waals surface area contributed by atoms with Gasteiger partial charge in [0.2, 0.25) is 0 Å². The van der Waals surface area contributed by atoms with Crippen LogP contribution in [0.2, 0.25) is 0 Å². The maximum atomic E-state index is 12.9. The van der Waals surface area contributed by atoms with Crippen LogP contribution in [0.1, 0.15) is 16.7 Å². The number of nitrogens with zero attached hydrogens (tertiary/aromatic N) is 1. The highest BCUT2D eigenvalue weighted by Crippen LogP contribution is 2.12. The molecule has 2 aromatic rings. The second-order valence-corrected chi connectivity index (χ2v) is 4.24. The molecule has 2 nitrogen and oxygen atoms in total. The molecule has 0 saturated carbocycles. The molecule has 0 radical (unpaired) electrons. The summed E-state index contributed by atoms with van der Waals surface area (Å²) in [6.07, 6.45) is 2.81. The Morgan fingerprint density at radius 2 is 1.76 bits per heavy atom. The van der Waals surface area contributed by atoms with Crippen LogP contribution < -0.4 is 5.32 Å². The van der Waals surface area contributed by atoms with Crippen LogP contribution in [0.15, 0.2) is 36.7 Å². The average Bonchev–Trinajstić information content (AvgIpc) is 2.25. The molecule has 3 heteroatoms. The van der Waals surface area contributed by atoms with E-state index in [-0.39, 0.29) is 5.82 Å². The molecule has 2 rings (SSSR count). The van der Waals surface area contributed by atoms with Gasteiger partial charge in [0.15, 0.2) is 0 Å². The van der Waals surface area contributed by atoms with Crippen molar-refractivity contribution in [2.24, 2.45) is 0 Å². The smallest absolute Gasteiger partial charge is 0.143 e. The Morgan fingerprint density at radius 3 is 2.41 bits per heavy atom. The molecular formula is C14H15FN2. The molecule has 0 atom stereocenters. The van der Waals surface area contributed by atoms with E-state index in [1.165, 1.54) is 29.0 Å². The molecule has 0 fully saturated rings. The van der Waals surface area contributed by atoms with Gasteiger partial charge in [-0.2, -0.15) is 0 Å². The van der Waals surface area contributed by atoms with E-state index in [1.807, 2.05) is 0 Å². The first kappa shape index (κ1) is 11.6. The molecule has 0 aliphatic heterocycles. The van der Waals surface area contributed by atoms with Gasteiger partial charge in [-0.15, -0.1) is 0 Å². The Bertz CT molecular complexity index is 503. The highest BCUT2D eigenvalue weighted by Gasteiger charge is 1.98. The van der Waals surface area contributed by atoms with E-state index >= 15 is 0 Å². The van der Waals surface area contributed by atoms with Crippen LogP contribution in [-0.2, 0) is 6.54 Å². The number of aryl methyl sites for hydroxylation is 2. The molecule has 0 unspecified atom stereocenters. The van der Waals surface area contributed by atoms with Gasteiger partial charge in [-0.25, -0.2) is 4.39 Å². The number of anilines is 1. The van der Waals surface area contributed by atoms with Crippen molar-refractivity contribution in [1.29, 1.82) is 0 Å². The number of hydrogen-bond acceptors (Lipinski definition) is 2. The van der Waals surface area contributed by atoms with Gasteiger partial charge >= 0.3 is 0 Å². The maximum Gasteiger partial charge on any atom is 0.143 e.